The van der Waals surface area contributed by atoms with E-state index in [1.807, 2.05) is 0 Å². The number of hydrogen-bond acceptors (Lipinski definition) is 8. The molecule has 0 spiro atoms. The van der Waals surface area contributed by atoms with Gasteiger partial charge in [0, 0.05) is 6.42 Å². The third-order valence-electron chi connectivity index (χ3n) is 2.79. The molecule has 10 heteroatoms. The van der Waals surface area contributed by atoms with Crippen LogP contribution in [-0.4, -0.2) is 31.0 Å². The lowest BCUT2D eigenvalue weighted by molar-refractivity contribution is 0.0958. The van der Waals surface area contributed by atoms with Gasteiger partial charge in [-0.1, -0.05) is 17.3 Å². The molecule has 0 aliphatic heterocycles. The standard InChI is InChI=1S/C13H10FN7O2/c14-7-3-1-2-6(4-7)5-8-17-10(20-13(16)18-8)11-19-12(9(15)22)23-21-11/h1-4H,5H2,(H2,15,22)(H2,16,17,18,20). The van der Waals surface area contributed by atoms with Crippen LogP contribution in [0.2, 0.25) is 0 Å². The summed E-state index contributed by atoms with van der Waals surface area (Å²) in [5.41, 5.74) is 11.3. The van der Waals surface area contributed by atoms with Crippen LogP contribution in [-0.2, 0) is 6.42 Å². The highest BCUT2D eigenvalue weighted by atomic mass is 19.1. The van der Waals surface area contributed by atoms with Crippen LogP contribution in [0.4, 0.5) is 10.3 Å². The molecule has 23 heavy (non-hydrogen) atoms. The molecule has 0 atom stereocenters. The predicted octanol–water partition coefficient (Wildman–Crippen LogP) is 0.333. The van der Waals surface area contributed by atoms with Crippen molar-refractivity contribution < 1.29 is 13.7 Å². The van der Waals surface area contributed by atoms with Crippen molar-refractivity contribution in [3.8, 4) is 11.6 Å². The first-order valence-corrected chi connectivity index (χ1v) is 6.40. The summed E-state index contributed by atoms with van der Waals surface area (Å²) in [5.74, 6) is -1.39. The number of carbonyl (C=O) groups is 1. The maximum Gasteiger partial charge on any atom is 0.316 e. The van der Waals surface area contributed by atoms with E-state index < -0.39 is 5.91 Å². The summed E-state index contributed by atoms with van der Waals surface area (Å²) in [4.78, 5) is 26.7. The minimum Gasteiger partial charge on any atom is -0.368 e. The molecule has 2 heterocycles. The van der Waals surface area contributed by atoms with Gasteiger partial charge in [0.05, 0.1) is 0 Å². The number of amides is 1. The molecule has 0 saturated heterocycles. The maximum absolute atomic E-state index is 13.2. The number of halogens is 1. The second-order valence-corrected chi connectivity index (χ2v) is 4.53. The Kier molecular flexibility index (Phi) is 3.63. The molecular weight excluding hydrogens is 305 g/mol. The van der Waals surface area contributed by atoms with E-state index in [4.69, 9.17) is 11.5 Å². The van der Waals surface area contributed by atoms with Crippen LogP contribution < -0.4 is 11.5 Å². The highest BCUT2D eigenvalue weighted by Gasteiger charge is 2.16. The first-order chi connectivity index (χ1) is 11.0. The minimum atomic E-state index is -0.870. The van der Waals surface area contributed by atoms with Crippen molar-refractivity contribution in [1.82, 2.24) is 25.1 Å². The molecule has 0 saturated carbocycles. The number of nitrogens with zero attached hydrogens (tertiary/aromatic N) is 5. The monoisotopic (exact) mass is 315 g/mol. The van der Waals surface area contributed by atoms with Gasteiger partial charge in [0.1, 0.15) is 11.6 Å². The van der Waals surface area contributed by atoms with E-state index in [9.17, 15) is 9.18 Å². The Morgan fingerprint density at radius 2 is 2.00 bits per heavy atom. The average molecular weight is 315 g/mol. The molecule has 0 radical (unpaired) electrons. The van der Waals surface area contributed by atoms with Crippen molar-refractivity contribution in [2.75, 3.05) is 5.73 Å². The molecule has 1 aromatic carbocycles. The molecule has 4 N–H and O–H groups in total. The first kappa shape index (κ1) is 14.5. The van der Waals surface area contributed by atoms with Crippen LogP contribution in [0.3, 0.4) is 0 Å². The lowest BCUT2D eigenvalue weighted by Crippen LogP contribution is -2.11. The summed E-state index contributed by atoms with van der Waals surface area (Å²) in [6.45, 7) is 0. The number of benzene rings is 1. The fraction of sp³-hybridized carbons (Fsp3) is 0.0769. The molecule has 0 aliphatic rings. The zero-order chi connectivity index (χ0) is 16.4. The first-order valence-electron chi connectivity index (χ1n) is 6.40. The van der Waals surface area contributed by atoms with Crippen LogP contribution in [0.5, 0.6) is 0 Å². The second-order valence-electron chi connectivity index (χ2n) is 4.53. The fourth-order valence-electron chi connectivity index (χ4n) is 1.86. The quantitative estimate of drug-likeness (QED) is 0.700. The second kappa shape index (κ2) is 5.75. The number of aromatic nitrogens is 5. The van der Waals surface area contributed by atoms with E-state index in [0.717, 1.165) is 0 Å². The maximum atomic E-state index is 13.2. The lowest BCUT2D eigenvalue weighted by Gasteiger charge is -2.03. The van der Waals surface area contributed by atoms with E-state index in [-0.39, 0.29) is 35.7 Å². The third-order valence-corrected chi connectivity index (χ3v) is 2.79. The number of primary amides is 1. The minimum absolute atomic E-state index is 0.0279. The largest absolute Gasteiger partial charge is 0.368 e. The molecule has 2 aromatic heterocycles. The van der Waals surface area contributed by atoms with Crippen LogP contribution >= 0.6 is 0 Å². The molecule has 0 bridgehead atoms. The lowest BCUT2D eigenvalue weighted by atomic mass is 10.1. The van der Waals surface area contributed by atoms with Crippen molar-refractivity contribution in [2.24, 2.45) is 5.73 Å². The predicted molar refractivity (Wildman–Crippen MR) is 75.3 cm³/mol. The molecule has 9 nitrogen and oxygen atoms in total. The Morgan fingerprint density at radius 1 is 1.17 bits per heavy atom. The number of carbonyl (C=O) groups excluding carboxylic acids is 1. The van der Waals surface area contributed by atoms with Crippen molar-refractivity contribution >= 4 is 11.9 Å². The summed E-state index contributed by atoms with van der Waals surface area (Å²) in [7, 11) is 0. The van der Waals surface area contributed by atoms with Gasteiger partial charge >= 0.3 is 11.8 Å². The number of hydrogen-bond donors (Lipinski definition) is 2. The van der Waals surface area contributed by atoms with Gasteiger partial charge in [0.2, 0.25) is 17.6 Å². The van der Waals surface area contributed by atoms with Gasteiger partial charge in [-0.15, -0.1) is 0 Å². The van der Waals surface area contributed by atoms with E-state index in [1.54, 1.807) is 12.1 Å². The number of rotatable bonds is 4. The third kappa shape index (κ3) is 3.26. The molecule has 116 valence electrons. The fourth-order valence-corrected chi connectivity index (χ4v) is 1.86. The molecule has 3 aromatic rings. The van der Waals surface area contributed by atoms with Crippen molar-refractivity contribution in [3.05, 3.63) is 47.4 Å². The Labute approximate surface area is 128 Å². The zero-order valence-corrected chi connectivity index (χ0v) is 11.6. The molecule has 0 fully saturated rings. The SMILES string of the molecule is NC(=O)c1nc(-c2nc(N)nc(Cc3cccc(F)c3)n2)no1. The summed E-state index contributed by atoms with van der Waals surface area (Å²) in [6.07, 6.45) is 0.234. The van der Waals surface area contributed by atoms with Gasteiger partial charge in [-0.05, 0) is 17.7 Å². The highest BCUT2D eigenvalue weighted by Crippen LogP contribution is 2.14. The normalized spacial score (nSPS) is 10.7. The van der Waals surface area contributed by atoms with Gasteiger partial charge in [-0.25, -0.2) is 9.37 Å². The Balaban J connectivity index is 1.93. The van der Waals surface area contributed by atoms with Crippen LogP contribution in [0.25, 0.3) is 11.6 Å². The van der Waals surface area contributed by atoms with E-state index >= 15 is 0 Å². The van der Waals surface area contributed by atoms with Crippen molar-refractivity contribution in [3.63, 3.8) is 0 Å². The topological polar surface area (TPSA) is 147 Å². The van der Waals surface area contributed by atoms with E-state index in [2.05, 4.69) is 29.6 Å². The zero-order valence-electron chi connectivity index (χ0n) is 11.6. The Hall–Kier alpha value is -3.43. The van der Waals surface area contributed by atoms with E-state index in [1.165, 1.54) is 12.1 Å². The highest BCUT2D eigenvalue weighted by molar-refractivity contribution is 5.88. The molecule has 1 amide bonds. The van der Waals surface area contributed by atoms with Gasteiger partial charge < -0.3 is 16.0 Å². The summed E-state index contributed by atoms with van der Waals surface area (Å²) < 4.78 is 17.9. The number of anilines is 1. The Bertz CT molecular complexity index is 880. The molecule has 0 unspecified atom stereocenters. The van der Waals surface area contributed by atoms with Gasteiger partial charge in [0.25, 0.3) is 0 Å². The molecule has 3 rings (SSSR count). The average Bonchev–Trinajstić information content (AvgIpc) is 2.96. The molecular formula is C13H10FN7O2. The number of nitrogen functional groups attached to an aromatic ring is 1. The Morgan fingerprint density at radius 3 is 2.70 bits per heavy atom. The van der Waals surface area contributed by atoms with Gasteiger partial charge in [-0.2, -0.15) is 15.0 Å². The summed E-state index contributed by atoms with van der Waals surface area (Å²) in [6, 6.07) is 6.00. The summed E-state index contributed by atoms with van der Waals surface area (Å²) in [5, 5.41) is 3.56. The smallest absolute Gasteiger partial charge is 0.316 e. The van der Waals surface area contributed by atoms with Gasteiger partial charge in [0.15, 0.2) is 0 Å². The van der Waals surface area contributed by atoms with Crippen LogP contribution in [0.15, 0.2) is 28.8 Å². The summed E-state index contributed by atoms with van der Waals surface area (Å²) >= 11 is 0. The van der Waals surface area contributed by atoms with Crippen LogP contribution in [0, 0.1) is 5.82 Å². The van der Waals surface area contributed by atoms with E-state index in [0.29, 0.717) is 11.4 Å². The van der Waals surface area contributed by atoms with Gasteiger partial charge in [-0.3, -0.25) is 4.79 Å². The van der Waals surface area contributed by atoms with Crippen molar-refractivity contribution in [1.29, 1.82) is 0 Å². The van der Waals surface area contributed by atoms with Crippen molar-refractivity contribution in [2.45, 2.75) is 6.42 Å². The number of nitrogens with two attached hydrogens (primary N) is 2. The van der Waals surface area contributed by atoms with Crippen LogP contribution in [0.1, 0.15) is 22.1 Å². The molecule has 0 aliphatic carbocycles.